The molecule has 1 unspecified atom stereocenters. The molecule has 5 nitrogen and oxygen atoms in total. The van der Waals surface area contributed by atoms with E-state index in [1.165, 1.54) is 12.0 Å². The Kier molecular flexibility index (Phi) is 4.89. The molecule has 108 valence electrons. The Bertz CT molecular complexity index is 597. The first-order valence-corrected chi connectivity index (χ1v) is 7.50. The van der Waals surface area contributed by atoms with Gasteiger partial charge in [0.05, 0.1) is 18.9 Å². The topological polar surface area (TPSA) is 64.1 Å². The van der Waals surface area contributed by atoms with Gasteiger partial charge in [-0.15, -0.1) is 11.3 Å². The van der Waals surface area contributed by atoms with Crippen molar-refractivity contribution >= 4 is 33.3 Å². The van der Waals surface area contributed by atoms with Crippen LogP contribution in [-0.4, -0.2) is 29.1 Å². The van der Waals surface area contributed by atoms with Crippen LogP contribution in [-0.2, 0) is 9.53 Å². The van der Waals surface area contributed by atoms with Gasteiger partial charge < -0.3 is 10.1 Å². The van der Waals surface area contributed by atoms with Crippen molar-refractivity contribution in [2.75, 3.05) is 12.4 Å². The number of ether oxygens (including phenoxy) is 1. The Hall–Kier alpha value is -1.69. The van der Waals surface area contributed by atoms with Crippen LogP contribution in [0.15, 0.2) is 12.4 Å². The van der Waals surface area contributed by atoms with Crippen LogP contribution in [0.5, 0.6) is 0 Å². The van der Waals surface area contributed by atoms with Gasteiger partial charge in [-0.05, 0) is 19.4 Å². The van der Waals surface area contributed by atoms with Gasteiger partial charge in [-0.25, -0.2) is 9.97 Å². The summed E-state index contributed by atoms with van der Waals surface area (Å²) in [5, 5.41) is 4.37. The number of aryl methyl sites for hydroxylation is 1. The molecule has 0 aliphatic rings. The first kappa shape index (κ1) is 14.7. The number of nitrogens with zero attached hydrogens (tertiary/aromatic N) is 2. The second-order valence-corrected chi connectivity index (χ2v) is 5.94. The zero-order valence-electron chi connectivity index (χ0n) is 12.0. The van der Waals surface area contributed by atoms with Crippen molar-refractivity contribution in [1.82, 2.24) is 9.97 Å². The number of carbonyl (C=O) groups excluding carboxylic acids is 1. The average molecular weight is 293 g/mol. The van der Waals surface area contributed by atoms with Crippen molar-refractivity contribution in [3.63, 3.8) is 0 Å². The number of methoxy groups -OCH3 is 1. The molecule has 0 amide bonds. The summed E-state index contributed by atoms with van der Waals surface area (Å²) in [6.45, 7) is 4.14. The third-order valence-corrected chi connectivity index (χ3v) is 4.03. The molecule has 6 heteroatoms. The largest absolute Gasteiger partial charge is 0.469 e. The monoisotopic (exact) mass is 293 g/mol. The van der Waals surface area contributed by atoms with Gasteiger partial charge in [0.15, 0.2) is 0 Å². The minimum atomic E-state index is -0.206. The van der Waals surface area contributed by atoms with E-state index < -0.39 is 0 Å². The SMILES string of the molecule is CCCC(CC(=O)OC)Nc1ncnc2sc(C)cc12. The number of hydrogen-bond donors (Lipinski definition) is 1. The lowest BCUT2D eigenvalue weighted by Gasteiger charge is -2.17. The summed E-state index contributed by atoms with van der Waals surface area (Å²) < 4.78 is 4.75. The number of aromatic nitrogens is 2. The van der Waals surface area contributed by atoms with Crippen LogP contribution in [0.3, 0.4) is 0 Å². The molecule has 2 aromatic heterocycles. The number of anilines is 1. The summed E-state index contributed by atoms with van der Waals surface area (Å²) in [6.07, 6.45) is 3.79. The number of carbonyl (C=O) groups is 1. The van der Waals surface area contributed by atoms with Crippen molar-refractivity contribution < 1.29 is 9.53 Å². The van der Waals surface area contributed by atoms with Gasteiger partial charge in [0.25, 0.3) is 0 Å². The molecule has 2 aromatic rings. The van der Waals surface area contributed by atoms with Gasteiger partial charge in [0, 0.05) is 10.9 Å². The maximum absolute atomic E-state index is 11.5. The standard InChI is InChI=1S/C14H19N3O2S/c1-4-5-10(7-12(18)19-3)17-13-11-6-9(2)20-14(11)16-8-15-13/h6,8,10H,4-5,7H2,1-3H3,(H,15,16,17). The fraction of sp³-hybridized carbons (Fsp3) is 0.500. The molecule has 20 heavy (non-hydrogen) atoms. The molecule has 0 bridgehead atoms. The van der Waals surface area contributed by atoms with Crippen LogP contribution >= 0.6 is 11.3 Å². The van der Waals surface area contributed by atoms with Gasteiger partial charge in [-0.1, -0.05) is 13.3 Å². The molecule has 0 aliphatic heterocycles. The predicted molar refractivity (Wildman–Crippen MR) is 81.1 cm³/mol. The van der Waals surface area contributed by atoms with Crippen molar-refractivity contribution in [3.8, 4) is 0 Å². The van der Waals surface area contributed by atoms with E-state index in [0.717, 1.165) is 28.9 Å². The highest BCUT2D eigenvalue weighted by molar-refractivity contribution is 7.18. The number of hydrogen-bond acceptors (Lipinski definition) is 6. The molecule has 2 rings (SSSR count). The highest BCUT2D eigenvalue weighted by atomic mass is 32.1. The third kappa shape index (κ3) is 3.45. The molecule has 0 aromatic carbocycles. The number of fused-ring (bicyclic) bond motifs is 1. The molecule has 0 saturated carbocycles. The lowest BCUT2D eigenvalue weighted by Crippen LogP contribution is -2.24. The van der Waals surface area contributed by atoms with Crippen molar-refractivity contribution in [1.29, 1.82) is 0 Å². The summed E-state index contributed by atoms with van der Waals surface area (Å²) in [5.74, 6) is 0.587. The Morgan fingerprint density at radius 1 is 1.50 bits per heavy atom. The molecule has 0 saturated heterocycles. The number of rotatable bonds is 6. The highest BCUT2D eigenvalue weighted by Crippen LogP contribution is 2.28. The fourth-order valence-electron chi connectivity index (χ4n) is 2.14. The lowest BCUT2D eigenvalue weighted by atomic mass is 10.1. The van der Waals surface area contributed by atoms with Crippen LogP contribution in [0.25, 0.3) is 10.2 Å². The molecule has 2 heterocycles. The van der Waals surface area contributed by atoms with Gasteiger partial charge in [0.2, 0.25) is 0 Å². The number of nitrogens with one attached hydrogen (secondary N) is 1. The minimum absolute atomic E-state index is 0.0331. The van der Waals surface area contributed by atoms with E-state index in [2.05, 4.69) is 28.3 Å². The van der Waals surface area contributed by atoms with Crippen LogP contribution in [0.4, 0.5) is 5.82 Å². The number of esters is 1. The van der Waals surface area contributed by atoms with E-state index in [1.54, 1.807) is 17.7 Å². The summed E-state index contributed by atoms with van der Waals surface area (Å²) in [7, 11) is 1.41. The van der Waals surface area contributed by atoms with E-state index in [0.29, 0.717) is 6.42 Å². The van der Waals surface area contributed by atoms with Gasteiger partial charge in [-0.3, -0.25) is 4.79 Å². The second-order valence-electron chi connectivity index (χ2n) is 4.71. The zero-order chi connectivity index (χ0) is 14.5. The molecule has 0 radical (unpaired) electrons. The molecular formula is C14H19N3O2S. The van der Waals surface area contributed by atoms with E-state index in [4.69, 9.17) is 4.74 Å². The van der Waals surface area contributed by atoms with Crippen LogP contribution in [0.1, 0.15) is 31.1 Å². The molecular weight excluding hydrogens is 274 g/mol. The Labute approximate surface area is 122 Å². The molecule has 1 N–H and O–H groups in total. The summed E-state index contributed by atoms with van der Waals surface area (Å²) >= 11 is 1.64. The van der Waals surface area contributed by atoms with E-state index in [1.807, 2.05) is 6.92 Å². The second kappa shape index (κ2) is 6.65. The normalized spacial score (nSPS) is 12.3. The summed E-state index contributed by atoms with van der Waals surface area (Å²) in [6, 6.07) is 2.11. The summed E-state index contributed by atoms with van der Waals surface area (Å²) in [4.78, 5) is 22.2. The van der Waals surface area contributed by atoms with E-state index in [-0.39, 0.29) is 12.0 Å². The van der Waals surface area contributed by atoms with Crippen molar-refractivity contribution in [3.05, 3.63) is 17.3 Å². The molecule has 1 atom stereocenters. The first-order valence-electron chi connectivity index (χ1n) is 6.68. The van der Waals surface area contributed by atoms with Gasteiger partial charge in [0.1, 0.15) is 17.0 Å². The van der Waals surface area contributed by atoms with Gasteiger partial charge >= 0.3 is 5.97 Å². The Balaban J connectivity index is 2.21. The molecule has 0 spiro atoms. The zero-order valence-corrected chi connectivity index (χ0v) is 12.8. The Morgan fingerprint density at radius 3 is 3.00 bits per heavy atom. The predicted octanol–water partition coefficient (Wildman–Crippen LogP) is 3.14. The summed E-state index contributed by atoms with van der Waals surface area (Å²) in [5.41, 5.74) is 0. The lowest BCUT2D eigenvalue weighted by molar-refractivity contribution is -0.140. The molecule has 0 fully saturated rings. The van der Waals surface area contributed by atoms with Crippen LogP contribution in [0, 0.1) is 6.92 Å². The Morgan fingerprint density at radius 2 is 2.30 bits per heavy atom. The van der Waals surface area contributed by atoms with Crippen LogP contribution in [0.2, 0.25) is 0 Å². The van der Waals surface area contributed by atoms with Crippen LogP contribution < -0.4 is 5.32 Å². The molecule has 0 aliphatic carbocycles. The maximum atomic E-state index is 11.5. The van der Waals surface area contributed by atoms with E-state index >= 15 is 0 Å². The average Bonchev–Trinajstić information content (AvgIpc) is 2.80. The highest BCUT2D eigenvalue weighted by Gasteiger charge is 2.16. The smallest absolute Gasteiger partial charge is 0.307 e. The third-order valence-electron chi connectivity index (χ3n) is 3.07. The van der Waals surface area contributed by atoms with Gasteiger partial charge in [-0.2, -0.15) is 0 Å². The minimum Gasteiger partial charge on any atom is -0.469 e. The van der Waals surface area contributed by atoms with E-state index in [9.17, 15) is 4.79 Å². The quantitative estimate of drug-likeness (QED) is 0.829. The fourth-order valence-corrected chi connectivity index (χ4v) is 2.99. The maximum Gasteiger partial charge on any atom is 0.307 e. The first-order chi connectivity index (χ1) is 9.63. The van der Waals surface area contributed by atoms with Crippen molar-refractivity contribution in [2.45, 2.75) is 39.2 Å². The number of thiophene rings is 1. The van der Waals surface area contributed by atoms with Crippen molar-refractivity contribution in [2.24, 2.45) is 0 Å².